The maximum absolute atomic E-state index is 14.9. The van der Waals surface area contributed by atoms with Crippen molar-refractivity contribution in [2.75, 3.05) is 31.3 Å². The second-order valence-electron chi connectivity index (χ2n) is 10.3. The summed E-state index contributed by atoms with van der Waals surface area (Å²) >= 11 is 0. The molecular weight excluding hydrogens is 532 g/mol. The van der Waals surface area contributed by atoms with E-state index < -0.39 is 17.5 Å². The van der Waals surface area contributed by atoms with Crippen molar-refractivity contribution >= 4 is 23.3 Å². The molecule has 1 aliphatic heterocycles. The molecule has 1 saturated carbocycles. The van der Waals surface area contributed by atoms with Gasteiger partial charge in [-0.25, -0.2) is 18.7 Å². The minimum absolute atomic E-state index is 0.0185. The summed E-state index contributed by atoms with van der Waals surface area (Å²) in [6, 6.07) is 6.64. The summed E-state index contributed by atoms with van der Waals surface area (Å²) in [5.41, 5.74) is 7.98. The molecular formula is C30H31F2N5O4. The van der Waals surface area contributed by atoms with Crippen LogP contribution in [-0.2, 0) is 9.53 Å². The topological polar surface area (TPSA) is 120 Å². The van der Waals surface area contributed by atoms with Crippen LogP contribution in [0.2, 0.25) is 0 Å². The Kier molecular flexibility index (Phi) is 7.98. The lowest BCUT2D eigenvalue weighted by Crippen LogP contribution is -2.38. The van der Waals surface area contributed by atoms with Crippen LogP contribution in [-0.4, -0.2) is 59.1 Å². The standard InChI is InChI=1S/C30H31F2N5O4/c1-4-26(38)37-13-21(40-3)12-20(37)14-41-28-27(34-15-35-29(28)33)23-10-19(31)11-25(16(23)2)36-30(39)22-8-7-18(9-24(22)32)17-5-6-17/h4,7-11,15,17,20-21H,1,5-6,12-14H2,2-3H3,(H,36,39)(H2,33,34,35)/t20?,21-/m1/s1. The Morgan fingerprint density at radius 1 is 1.22 bits per heavy atom. The molecule has 2 aromatic carbocycles. The van der Waals surface area contributed by atoms with E-state index in [2.05, 4.69) is 21.9 Å². The number of carbonyl (C=O) groups is 2. The van der Waals surface area contributed by atoms with Gasteiger partial charge in [-0.15, -0.1) is 0 Å². The fraction of sp³-hybridized carbons (Fsp3) is 0.333. The van der Waals surface area contributed by atoms with E-state index in [-0.39, 0.29) is 53.2 Å². The molecule has 1 unspecified atom stereocenters. The molecule has 2 fully saturated rings. The van der Waals surface area contributed by atoms with Crippen molar-refractivity contribution in [2.45, 2.75) is 44.2 Å². The summed E-state index contributed by atoms with van der Waals surface area (Å²) in [6.45, 7) is 5.67. The summed E-state index contributed by atoms with van der Waals surface area (Å²) in [4.78, 5) is 35.3. The van der Waals surface area contributed by atoms with Gasteiger partial charge in [0.05, 0.1) is 17.7 Å². The number of nitrogens with one attached hydrogen (secondary N) is 1. The van der Waals surface area contributed by atoms with E-state index in [9.17, 15) is 18.4 Å². The lowest BCUT2D eigenvalue weighted by atomic mass is 10.0. The summed E-state index contributed by atoms with van der Waals surface area (Å²) in [6.07, 6.45) is 4.84. The van der Waals surface area contributed by atoms with Crippen molar-refractivity contribution in [2.24, 2.45) is 0 Å². The Morgan fingerprint density at radius 3 is 2.68 bits per heavy atom. The molecule has 3 N–H and O–H groups in total. The van der Waals surface area contributed by atoms with Crippen molar-refractivity contribution in [3.8, 4) is 17.0 Å². The van der Waals surface area contributed by atoms with Gasteiger partial charge < -0.3 is 25.4 Å². The third-order valence-electron chi connectivity index (χ3n) is 7.58. The number of halogens is 2. The SMILES string of the molecule is C=CC(=O)N1C[C@H](OC)CC1COc1c(N)ncnc1-c1cc(F)cc(NC(=O)c2ccc(C3CC3)cc2F)c1C. The van der Waals surface area contributed by atoms with E-state index in [1.165, 1.54) is 30.6 Å². The van der Waals surface area contributed by atoms with Crippen molar-refractivity contribution in [1.82, 2.24) is 14.9 Å². The highest BCUT2D eigenvalue weighted by Crippen LogP contribution is 2.41. The van der Waals surface area contributed by atoms with Gasteiger partial charge >= 0.3 is 0 Å². The van der Waals surface area contributed by atoms with Crippen molar-refractivity contribution in [3.05, 3.63) is 77.6 Å². The van der Waals surface area contributed by atoms with Crippen LogP contribution in [0.3, 0.4) is 0 Å². The molecule has 2 aliphatic rings. The average Bonchev–Trinajstić information content (AvgIpc) is 3.73. The van der Waals surface area contributed by atoms with Crippen molar-refractivity contribution in [1.29, 1.82) is 0 Å². The Morgan fingerprint density at radius 2 is 2.00 bits per heavy atom. The Balaban J connectivity index is 1.41. The van der Waals surface area contributed by atoms with Gasteiger partial charge in [0, 0.05) is 24.9 Å². The number of rotatable bonds is 9. The lowest BCUT2D eigenvalue weighted by Gasteiger charge is -2.24. The van der Waals surface area contributed by atoms with Crippen LogP contribution in [0.4, 0.5) is 20.3 Å². The molecule has 41 heavy (non-hydrogen) atoms. The number of hydrogen-bond donors (Lipinski definition) is 2. The van der Waals surface area contributed by atoms with Gasteiger partial charge in [-0.2, -0.15) is 0 Å². The number of ether oxygens (including phenoxy) is 2. The summed E-state index contributed by atoms with van der Waals surface area (Å²) in [5, 5.41) is 2.63. The minimum atomic E-state index is -0.705. The molecule has 9 nitrogen and oxygen atoms in total. The van der Waals surface area contributed by atoms with Crippen LogP contribution in [0.1, 0.15) is 46.7 Å². The van der Waals surface area contributed by atoms with Gasteiger partial charge in [0.15, 0.2) is 11.6 Å². The maximum atomic E-state index is 14.9. The monoisotopic (exact) mass is 563 g/mol. The van der Waals surface area contributed by atoms with E-state index in [1.54, 1.807) is 25.0 Å². The molecule has 1 aliphatic carbocycles. The second-order valence-corrected chi connectivity index (χ2v) is 10.3. The Bertz CT molecular complexity index is 1510. The zero-order chi connectivity index (χ0) is 29.3. The highest BCUT2D eigenvalue weighted by Gasteiger charge is 2.35. The number of likely N-dealkylation sites (tertiary alicyclic amines) is 1. The zero-order valence-electron chi connectivity index (χ0n) is 22.8. The van der Waals surface area contributed by atoms with E-state index in [4.69, 9.17) is 15.2 Å². The number of amides is 2. The molecule has 11 heteroatoms. The highest BCUT2D eigenvalue weighted by molar-refractivity contribution is 6.05. The third-order valence-corrected chi connectivity index (χ3v) is 7.58. The van der Waals surface area contributed by atoms with Crippen LogP contribution < -0.4 is 15.8 Å². The molecule has 214 valence electrons. The molecule has 1 aromatic heterocycles. The minimum Gasteiger partial charge on any atom is -0.485 e. The van der Waals surface area contributed by atoms with E-state index in [1.807, 2.05) is 0 Å². The summed E-state index contributed by atoms with van der Waals surface area (Å²) < 4.78 is 41.1. The molecule has 2 atom stereocenters. The first-order valence-electron chi connectivity index (χ1n) is 13.3. The summed E-state index contributed by atoms with van der Waals surface area (Å²) in [5.74, 6) is -1.79. The smallest absolute Gasteiger partial charge is 0.258 e. The first-order chi connectivity index (χ1) is 19.7. The van der Waals surface area contributed by atoms with E-state index in [0.717, 1.165) is 24.5 Å². The first-order valence-corrected chi connectivity index (χ1v) is 13.3. The highest BCUT2D eigenvalue weighted by atomic mass is 19.1. The van der Waals surface area contributed by atoms with Gasteiger partial charge in [0.2, 0.25) is 5.91 Å². The predicted molar refractivity (Wildman–Crippen MR) is 150 cm³/mol. The van der Waals surface area contributed by atoms with Gasteiger partial charge in [0.25, 0.3) is 5.91 Å². The number of nitrogens with zero attached hydrogens (tertiary/aromatic N) is 3. The number of benzene rings is 2. The normalized spacial score (nSPS) is 18.3. The summed E-state index contributed by atoms with van der Waals surface area (Å²) in [7, 11) is 1.58. The predicted octanol–water partition coefficient (Wildman–Crippen LogP) is 4.62. The van der Waals surface area contributed by atoms with E-state index >= 15 is 0 Å². The molecule has 0 radical (unpaired) electrons. The molecule has 1 saturated heterocycles. The van der Waals surface area contributed by atoms with Crippen molar-refractivity contribution in [3.63, 3.8) is 0 Å². The van der Waals surface area contributed by atoms with E-state index in [0.29, 0.717) is 30.0 Å². The van der Waals surface area contributed by atoms with Gasteiger partial charge in [0.1, 0.15) is 30.3 Å². The molecule has 3 aromatic rings. The number of nitrogen functional groups attached to an aromatic ring is 1. The lowest BCUT2D eigenvalue weighted by molar-refractivity contribution is -0.127. The fourth-order valence-corrected chi connectivity index (χ4v) is 5.12. The molecule has 2 amide bonds. The second kappa shape index (κ2) is 11.6. The number of nitrogens with two attached hydrogens (primary N) is 1. The Hall–Kier alpha value is -4.38. The van der Waals surface area contributed by atoms with Crippen molar-refractivity contribution < 1.29 is 27.8 Å². The van der Waals surface area contributed by atoms with Gasteiger partial charge in [-0.3, -0.25) is 9.59 Å². The zero-order valence-corrected chi connectivity index (χ0v) is 22.8. The maximum Gasteiger partial charge on any atom is 0.258 e. The fourth-order valence-electron chi connectivity index (χ4n) is 5.12. The molecule has 5 rings (SSSR count). The van der Waals surface area contributed by atoms with Crippen LogP contribution >= 0.6 is 0 Å². The number of hydrogen-bond acceptors (Lipinski definition) is 7. The van der Waals surface area contributed by atoms with Gasteiger partial charge in [-0.05, 0) is 73.6 Å². The number of aromatic nitrogens is 2. The Labute approximate surface area is 236 Å². The number of carbonyl (C=O) groups excluding carboxylic acids is 2. The quantitative estimate of drug-likeness (QED) is 0.365. The van der Waals surface area contributed by atoms with Crippen LogP contribution in [0.15, 0.2) is 49.3 Å². The average molecular weight is 564 g/mol. The van der Waals surface area contributed by atoms with Crippen LogP contribution in [0.25, 0.3) is 11.3 Å². The number of methoxy groups -OCH3 is 1. The number of anilines is 2. The molecule has 0 spiro atoms. The molecule has 2 heterocycles. The third kappa shape index (κ3) is 5.90. The largest absolute Gasteiger partial charge is 0.485 e. The van der Waals surface area contributed by atoms with Gasteiger partial charge in [-0.1, -0.05) is 12.6 Å². The van der Waals surface area contributed by atoms with Crippen LogP contribution in [0, 0.1) is 18.6 Å². The first kappa shape index (κ1) is 28.2. The molecule has 0 bridgehead atoms. The van der Waals surface area contributed by atoms with Crippen LogP contribution in [0.5, 0.6) is 5.75 Å².